The van der Waals surface area contributed by atoms with Crippen LogP contribution in [0, 0.1) is 11.3 Å². The summed E-state index contributed by atoms with van der Waals surface area (Å²) in [5.74, 6) is 0.418. The van der Waals surface area contributed by atoms with Gasteiger partial charge in [-0.3, -0.25) is 14.6 Å². The number of nitrogens with zero attached hydrogens (tertiary/aromatic N) is 4. The van der Waals surface area contributed by atoms with Gasteiger partial charge in [0, 0.05) is 36.8 Å². The normalized spacial score (nSPS) is 16.3. The van der Waals surface area contributed by atoms with Gasteiger partial charge in [-0.2, -0.15) is 5.26 Å². The van der Waals surface area contributed by atoms with Crippen LogP contribution in [0.15, 0.2) is 48.7 Å². The van der Waals surface area contributed by atoms with E-state index in [0.29, 0.717) is 36.6 Å². The second-order valence-corrected chi connectivity index (χ2v) is 7.86. The third kappa shape index (κ3) is 3.74. The first kappa shape index (κ1) is 19.2. The fourth-order valence-electron chi connectivity index (χ4n) is 4.13. The van der Waals surface area contributed by atoms with Gasteiger partial charge in [-0.1, -0.05) is 18.2 Å². The van der Waals surface area contributed by atoms with Crippen LogP contribution in [0.1, 0.15) is 27.0 Å². The Balaban J connectivity index is 1.22. The zero-order valence-electron chi connectivity index (χ0n) is 16.9. The van der Waals surface area contributed by atoms with Gasteiger partial charge in [0.15, 0.2) is 0 Å². The predicted octanol–water partition coefficient (Wildman–Crippen LogP) is 2.67. The summed E-state index contributed by atoms with van der Waals surface area (Å²) in [6.07, 6.45) is 2.53. The molecule has 1 fully saturated rings. The number of fused-ring (bicyclic) bond motifs is 2. The van der Waals surface area contributed by atoms with Crippen molar-refractivity contribution in [2.24, 2.45) is 0 Å². The van der Waals surface area contributed by atoms with Gasteiger partial charge >= 0.3 is 5.97 Å². The van der Waals surface area contributed by atoms with Crippen molar-refractivity contribution >= 4 is 28.5 Å². The number of hydrogen-bond acceptors (Lipinski definition) is 6. The van der Waals surface area contributed by atoms with E-state index in [1.807, 2.05) is 30.3 Å². The van der Waals surface area contributed by atoms with E-state index in [-0.39, 0.29) is 11.9 Å². The van der Waals surface area contributed by atoms with E-state index in [4.69, 9.17) is 10.00 Å². The third-order valence-electron chi connectivity index (χ3n) is 5.88. The van der Waals surface area contributed by atoms with Gasteiger partial charge in [0.05, 0.1) is 23.7 Å². The first-order chi connectivity index (χ1) is 15.1. The zero-order valence-corrected chi connectivity index (χ0v) is 16.9. The minimum atomic E-state index is -0.254. The quantitative estimate of drug-likeness (QED) is 0.613. The van der Waals surface area contributed by atoms with Gasteiger partial charge in [0.1, 0.15) is 12.4 Å². The van der Waals surface area contributed by atoms with Gasteiger partial charge < -0.3 is 4.74 Å². The highest BCUT2D eigenvalue weighted by Gasteiger charge is 2.26. The number of hydrogen-bond donors (Lipinski definition) is 0. The number of piperazine rings is 1. The van der Waals surface area contributed by atoms with E-state index in [2.05, 4.69) is 16.0 Å². The second-order valence-electron chi connectivity index (χ2n) is 7.86. The van der Waals surface area contributed by atoms with Gasteiger partial charge in [-0.25, -0.2) is 9.78 Å². The fourth-order valence-corrected chi connectivity index (χ4v) is 4.13. The van der Waals surface area contributed by atoms with Crippen molar-refractivity contribution in [3.8, 4) is 6.07 Å². The predicted molar refractivity (Wildman–Crippen MR) is 115 cm³/mol. The van der Waals surface area contributed by atoms with Crippen molar-refractivity contribution in [3.05, 3.63) is 70.9 Å². The van der Waals surface area contributed by atoms with Crippen LogP contribution in [-0.4, -0.2) is 47.9 Å². The smallest absolute Gasteiger partial charge is 0.338 e. The minimum Gasteiger partial charge on any atom is -0.457 e. The van der Waals surface area contributed by atoms with E-state index in [9.17, 15) is 9.59 Å². The lowest BCUT2D eigenvalue weighted by molar-refractivity contribution is -0.121. The number of aromatic nitrogens is 1. The molecule has 2 aliphatic heterocycles. The van der Waals surface area contributed by atoms with Crippen LogP contribution in [0.2, 0.25) is 0 Å². The summed E-state index contributed by atoms with van der Waals surface area (Å²) < 4.78 is 5.06. The SMILES string of the molecule is N#Cc1ccc2cc(N3CCN(CCc4ccc5c(c4)COC5=O)CC3=O)ncc2c1. The number of amides is 1. The molecular weight excluding hydrogens is 392 g/mol. The van der Waals surface area contributed by atoms with Crippen molar-refractivity contribution in [1.82, 2.24) is 9.88 Å². The maximum absolute atomic E-state index is 12.8. The van der Waals surface area contributed by atoms with Crippen molar-refractivity contribution in [3.63, 3.8) is 0 Å². The molecule has 2 aliphatic rings. The summed E-state index contributed by atoms with van der Waals surface area (Å²) in [5.41, 5.74) is 3.32. The monoisotopic (exact) mass is 412 g/mol. The largest absolute Gasteiger partial charge is 0.457 e. The summed E-state index contributed by atoms with van der Waals surface area (Å²) in [5, 5.41) is 10.9. The van der Waals surface area contributed by atoms with Crippen molar-refractivity contribution < 1.29 is 14.3 Å². The van der Waals surface area contributed by atoms with Gasteiger partial charge in [0.25, 0.3) is 0 Å². The van der Waals surface area contributed by atoms with Gasteiger partial charge in [0.2, 0.25) is 5.91 Å². The fraction of sp³-hybridized carbons (Fsp3) is 0.250. The molecule has 7 nitrogen and oxygen atoms in total. The first-order valence-electron chi connectivity index (χ1n) is 10.2. The molecule has 3 heterocycles. The molecule has 0 bridgehead atoms. The van der Waals surface area contributed by atoms with Crippen LogP contribution >= 0.6 is 0 Å². The topological polar surface area (TPSA) is 86.5 Å². The number of cyclic esters (lactones) is 1. The Bertz CT molecular complexity index is 1250. The number of benzene rings is 2. The van der Waals surface area contributed by atoms with E-state index >= 15 is 0 Å². The Hall–Kier alpha value is -3.76. The van der Waals surface area contributed by atoms with Crippen molar-refractivity contribution in [2.45, 2.75) is 13.0 Å². The lowest BCUT2D eigenvalue weighted by Crippen LogP contribution is -2.51. The number of anilines is 1. The van der Waals surface area contributed by atoms with Crippen molar-refractivity contribution in [2.75, 3.05) is 31.1 Å². The summed E-state index contributed by atoms with van der Waals surface area (Å²) in [6, 6.07) is 15.3. The van der Waals surface area contributed by atoms with E-state index < -0.39 is 0 Å². The van der Waals surface area contributed by atoms with E-state index in [1.165, 1.54) is 0 Å². The zero-order chi connectivity index (χ0) is 21.4. The average Bonchev–Trinajstić information content (AvgIpc) is 3.17. The van der Waals surface area contributed by atoms with Crippen molar-refractivity contribution in [1.29, 1.82) is 5.26 Å². The highest BCUT2D eigenvalue weighted by Crippen LogP contribution is 2.23. The van der Waals surface area contributed by atoms with Crippen LogP contribution in [0.4, 0.5) is 5.82 Å². The molecule has 1 saturated heterocycles. The Morgan fingerprint density at radius 3 is 2.81 bits per heavy atom. The number of ether oxygens (including phenoxy) is 1. The molecule has 31 heavy (non-hydrogen) atoms. The third-order valence-corrected chi connectivity index (χ3v) is 5.88. The second kappa shape index (κ2) is 7.82. The van der Waals surface area contributed by atoms with Crippen LogP contribution in [0.25, 0.3) is 10.8 Å². The van der Waals surface area contributed by atoms with Crippen LogP contribution in [0.3, 0.4) is 0 Å². The number of rotatable bonds is 4. The molecule has 1 aromatic heterocycles. The number of nitriles is 1. The van der Waals surface area contributed by atoms with Crippen LogP contribution in [-0.2, 0) is 22.6 Å². The van der Waals surface area contributed by atoms with Gasteiger partial charge in [-0.05, 0) is 41.6 Å². The Kier molecular flexibility index (Phi) is 4.85. The summed E-state index contributed by atoms with van der Waals surface area (Å²) in [4.78, 5) is 32.7. The van der Waals surface area contributed by atoms with Crippen LogP contribution < -0.4 is 4.90 Å². The Labute approximate surface area is 179 Å². The van der Waals surface area contributed by atoms with Crippen LogP contribution in [0.5, 0.6) is 0 Å². The molecule has 0 radical (unpaired) electrons. The average molecular weight is 412 g/mol. The molecule has 0 saturated carbocycles. The molecule has 0 unspecified atom stereocenters. The molecule has 0 spiro atoms. The van der Waals surface area contributed by atoms with Gasteiger partial charge in [-0.15, -0.1) is 0 Å². The highest BCUT2D eigenvalue weighted by atomic mass is 16.5. The molecule has 7 heteroatoms. The summed E-state index contributed by atoms with van der Waals surface area (Å²) >= 11 is 0. The molecule has 5 rings (SSSR count). The van der Waals surface area contributed by atoms with E-state index in [1.54, 1.807) is 23.2 Å². The summed E-state index contributed by atoms with van der Waals surface area (Å²) in [7, 11) is 0. The Morgan fingerprint density at radius 2 is 1.97 bits per heavy atom. The standard InChI is InChI=1S/C24H20N4O3/c25-12-17-1-3-18-11-22(26-13-19(18)10-17)28-8-7-27(14-23(28)29)6-5-16-2-4-21-20(9-16)15-31-24(21)30/h1-4,9-11,13H,5-8,14-15H2. The molecule has 1 amide bonds. The Morgan fingerprint density at radius 1 is 1.06 bits per heavy atom. The number of carbonyl (C=O) groups is 2. The molecular formula is C24H20N4O3. The molecule has 2 aromatic carbocycles. The summed E-state index contributed by atoms with van der Waals surface area (Å²) in [6.45, 7) is 2.82. The molecule has 0 atom stereocenters. The number of pyridine rings is 1. The lowest BCUT2D eigenvalue weighted by atomic mass is 10.0. The molecule has 154 valence electrons. The number of carbonyl (C=O) groups excluding carboxylic acids is 2. The number of esters is 1. The maximum Gasteiger partial charge on any atom is 0.338 e. The highest BCUT2D eigenvalue weighted by molar-refractivity contribution is 5.97. The maximum atomic E-state index is 12.8. The lowest BCUT2D eigenvalue weighted by Gasteiger charge is -2.33. The molecule has 3 aromatic rings. The van der Waals surface area contributed by atoms with E-state index in [0.717, 1.165) is 41.4 Å². The first-order valence-corrected chi connectivity index (χ1v) is 10.2. The molecule has 0 aliphatic carbocycles. The minimum absolute atomic E-state index is 0.0275. The molecule has 0 N–H and O–H groups in total.